The lowest BCUT2D eigenvalue weighted by molar-refractivity contribution is -0.123. The number of amides is 1. The number of aliphatic hydroxyl groups excluding tert-OH is 1. The molecule has 1 amide bonds. The highest BCUT2D eigenvalue weighted by Crippen LogP contribution is 2.23. The molecule has 4 heteroatoms. The van der Waals surface area contributed by atoms with Crippen molar-refractivity contribution in [3.8, 4) is 0 Å². The summed E-state index contributed by atoms with van der Waals surface area (Å²) in [5.41, 5.74) is 0.945. The zero-order chi connectivity index (χ0) is 15.1. The van der Waals surface area contributed by atoms with Gasteiger partial charge in [-0.15, -0.1) is 0 Å². The van der Waals surface area contributed by atoms with E-state index in [1.54, 1.807) is 0 Å². The number of benzene rings is 1. The van der Waals surface area contributed by atoms with Gasteiger partial charge in [0.1, 0.15) is 0 Å². The van der Waals surface area contributed by atoms with Gasteiger partial charge in [0, 0.05) is 6.42 Å². The predicted octanol–water partition coefficient (Wildman–Crippen LogP) is 1.86. The van der Waals surface area contributed by atoms with Crippen LogP contribution in [-0.2, 0) is 4.79 Å². The molecule has 0 aromatic heterocycles. The third-order valence-corrected chi connectivity index (χ3v) is 4.37. The highest BCUT2D eigenvalue weighted by Gasteiger charge is 2.23. The fraction of sp³-hybridized carbons (Fsp3) is 0.588. The van der Waals surface area contributed by atoms with Crippen LogP contribution in [0.2, 0.25) is 0 Å². The fourth-order valence-corrected chi connectivity index (χ4v) is 3.00. The van der Waals surface area contributed by atoms with Crippen molar-refractivity contribution in [3.05, 3.63) is 35.9 Å². The number of hydrogen-bond acceptors (Lipinski definition) is 3. The maximum Gasteiger partial charge on any atom is 0.220 e. The van der Waals surface area contributed by atoms with Crippen molar-refractivity contribution < 1.29 is 9.90 Å². The van der Waals surface area contributed by atoms with Crippen molar-refractivity contribution in [2.45, 2.75) is 32.2 Å². The van der Waals surface area contributed by atoms with E-state index in [2.05, 4.69) is 17.6 Å². The zero-order valence-electron chi connectivity index (χ0n) is 12.7. The van der Waals surface area contributed by atoms with Crippen LogP contribution in [0, 0.1) is 11.8 Å². The maximum atomic E-state index is 12.2. The van der Waals surface area contributed by atoms with E-state index in [-0.39, 0.29) is 18.6 Å². The number of carbonyl (C=O) groups is 1. The minimum Gasteiger partial charge on any atom is -0.394 e. The molecule has 0 radical (unpaired) electrons. The first-order valence-corrected chi connectivity index (χ1v) is 7.86. The Morgan fingerprint density at radius 2 is 2.19 bits per heavy atom. The van der Waals surface area contributed by atoms with Gasteiger partial charge >= 0.3 is 0 Å². The highest BCUT2D eigenvalue weighted by atomic mass is 16.3. The van der Waals surface area contributed by atoms with Crippen LogP contribution in [-0.4, -0.2) is 30.7 Å². The van der Waals surface area contributed by atoms with Crippen molar-refractivity contribution in [2.75, 3.05) is 19.7 Å². The summed E-state index contributed by atoms with van der Waals surface area (Å²) in [6.07, 6.45) is 2.92. The first-order valence-electron chi connectivity index (χ1n) is 7.86. The van der Waals surface area contributed by atoms with Gasteiger partial charge in [0.05, 0.1) is 12.6 Å². The molecule has 0 spiro atoms. The predicted molar refractivity (Wildman–Crippen MR) is 83.8 cm³/mol. The Morgan fingerprint density at radius 1 is 1.43 bits per heavy atom. The number of nitrogens with one attached hydrogen (secondary N) is 2. The van der Waals surface area contributed by atoms with Crippen molar-refractivity contribution in [2.24, 2.45) is 11.8 Å². The largest absolute Gasteiger partial charge is 0.394 e. The monoisotopic (exact) mass is 290 g/mol. The molecule has 0 bridgehead atoms. The third-order valence-electron chi connectivity index (χ3n) is 4.37. The Balaban J connectivity index is 1.85. The molecule has 1 aromatic rings. The first kappa shape index (κ1) is 16.0. The van der Waals surface area contributed by atoms with E-state index in [0.717, 1.165) is 18.7 Å². The maximum absolute atomic E-state index is 12.2. The molecule has 2 rings (SSSR count). The van der Waals surface area contributed by atoms with Crippen LogP contribution in [0.4, 0.5) is 0 Å². The second-order valence-corrected chi connectivity index (χ2v) is 6.00. The quantitative estimate of drug-likeness (QED) is 0.749. The summed E-state index contributed by atoms with van der Waals surface area (Å²) in [4.78, 5) is 12.2. The average molecular weight is 290 g/mol. The van der Waals surface area contributed by atoms with Crippen molar-refractivity contribution >= 4 is 5.91 Å². The van der Waals surface area contributed by atoms with E-state index in [9.17, 15) is 9.90 Å². The topological polar surface area (TPSA) is 61.4 Å². The van der Waals surface area contributed by atoms with E-state index < -0.39 is 0 Å². The summed E-state index contributed by atoms with van der Waals surface area (Å²) in [7, 11) is 0. The molecule has 0 saturated carbocycles. The average Bonchev–Trinajstić information content (AvgIpc) is 2.54. The summed E-state index contributed by atoms with van der Waals surface area (Å²) < 4.78 is 0. The summed E-state index contributed by atoms with van der Waals surface area (Å²) in [5.74, 6) is 0.970. The molecule has 1 fully saturated rings. The molecule has 1 saturated heterocycles. The number of carbonyl (C=O) groups excluding carboxylic acids is 1. The lowest BCUT2D eigenvalue weighted by atomic mass is 9.85. The number of piperidine rings is 1. The standard InChI is InChI=1S/C17H26N2O2/c1-13(15-8-5-9-18-11-15)10-17(21)19-16(12-20)14-6-3-2-4-7-14/h2-4,6-7,13,15-16,18,20H,5,8-12H2,1H3,(H,19,21). The highest BCUT2D eigenvalue weighted by molar-refractivity contribution is 5.76. The minimum atomic E-state index is -0.310. The molecule has 1 aliphatic rings. The van der Waals surface area contributed by atoms with E-state index in [0.29, 0.717) is 18.3 Å². The van der Waals surface area contributed by atoms with Gasteiger partial charge in [0.2, 0.25) is 5.91 Å². The van der Waals surface area contributed by atoms with Gasteiger partial charge in [0.25, 0.3) is 0 Å². The summed E-state index contributed by atoms with van der Waals surface area (Å²) >= 11 is 0. The second-order valence-electron chi connectivity index (χ2n) is 6.00. The SMILES string of the molecule is CC(CC(=O)NC(CO)c1ccccc1)C1CCCNC1. The van der Waals surface area contributed by atoms with E-state index in [4.69, 9.17) is 0 Å². The molecule has 1 heterocycles. The molecule has 3 unspecified atom stereocenters. The third kappa shape index (κ3) is 4.83. The van der Waals surface area contributed by atoms with Gasteiger partial charge in [0.15, 0.2) is 0 Å². The summed E-state index contributed by atoms with van der Waals surface area (Å²) in [5, 5.41) is 15.8. The molecule has 21 heavy (non-hydrogen) atoms. The zero-order valence-corrected chi connectivity index (χ0v) is 12.7. The molecule has 116 valence electrons. The lowest BCUT2D eigenvalue weighted by Crippen LogP contribution is -2.37. The lowest BCUT2D eigenvalue weighted by Gasteiger charge is -2.28. The normalized spacial score (nSPS) is 21.5. The molecule has 0 aliphatic carbocycles. The molecule has 1 aliphatic heterocycles. The van der Waals surface area contributed by atoms with Crippen LogP contribution in [0.1, 0.15) is 37.8 Å². The molecule has 3 atom stereocenters. The number of hydrogen-bond donors (Lipinski definition) is 3. The molecule has 3 N–H and O–H groups in total. The van der Waals surface area contributed by atoms with E-state index >= 15 is 0 Å². The van der Waals surface area contributed by atoms with Gasteiger partial charge in [-0.2, -0.15) is 0 Å². The molecule has 1 aromatic carbocycles. The Morgan fingerprint density at radius 3 is 2.81 bits per heavy atom. The van der Waals surface area contributed by atoms with Gasteiger partial charge in [-0.3, -0.25) is 4.79 Å². The van der Waals surface area contributed by atoms with Crippen LogP contribution in [0.15, 0.2) is 30.3 Å². The van der Waals surface area contributed by atoms with Gasteiger partial charge in [-0.25, -0.2) is 0 Å². The fourth-order valence-electron chi connectivity index (χ4n) is 3.00. The van der Waals surface area contributed by atoms with Gasteiger partial charge in [-0.1, -0.05) is 37.3 Å². The molecular weight excluding hydrogens is 264 g/mol. The summed E-state index contributed by atoms with van der Waals surface area (Å²) in [6, 6.07) is 9.31. The van der Waals surface area contributed by atoms with Crippen LogP contribution in [0.25, 0.3) is 0 Å². The number of aliphatic hydroxyl groups is 1. The van der Waals surface area contributed by atoms with Gasteiger partial charge in [-0.05, 0) is 43.3 Å². The van der Waals surface area contributed by atoms with Crippen molar-refractivity contribution in [1.29, 1.82) is 0 Å². The van der Waals surface area contributed by atoms with Crippen LogP contribution in [0.3, 0.4) is 0 Å². The Hall–Kier alpha value is -1.39. The van der Waals surface area contributed by atoms with Crippen molar-refractivity contribution in [1.82, 2.24) is 10.6 Å². The summed E-state index contributed by atoms with van der Waals surface area (Å²) in [6.45, 7) is 4.18. The van der Waals surface area contributed by atoms with Crippen LogP contribution in [0.5, 0.6) is 0 Å². The van der Waals surface area contributed by atoms with Crippen LogP contribution < -0.4 is 10.6 Å². The van der Waals surface area contributed by atoms with Crippen LogP contribution >= 0.6 is 0 Å². The van der Waals surface area contributed by atoms with E-state index in [1.807, 2.05) is 30.3 Å². The Labute approximate surface area is 126 Å². The van der Waals surface area contributed by atoms with Gasteiger partial charge < -0.3 is 15.7 Å². The second kappa shape index (κ2) is 8.15. The van der Waals surface area contributed by atoms with E-state index in [1.165, 1.54) is 12.8 Å². The first-order chi connectivity index (χ1) is 10.2. The number of rotatable bonds is 6. The van der Waals surface area contributed by atoms with Crippen molar-refractivity contribution in [3.63, 3.8) is 0 Å². The Kier molecular flexibility index (Phi) is 6.21. The molecule has 4 nitrogen and oxygen atoms in total. The Bertz CT molecular complexity index is 430. The minimum absolute atomic E-state index is 0.0241. The molecular formula is C17H26N2O2. The smallest absolute Gasteiger partial charge is 0.220 e.